The number of aliphatic hydroxyl groups is 2. The van der Waals surface area contributed by atoms with Crippen molar-refractivity contribution >= 4 is 0 Å². The molecule has 0 aromatic heterocycles. The molecule has 0 saturated carbocycles. The van der Waals surface area contributed by atoms with Crippen LogP contribution in [0.1, 0.15) is 39.8 Å². The molecule has 4 aromatic carbocycles. The Morgan fingerprint density at radius 3 is 1.90 bits per heavy atom. The molecule has 1 aliphatic rings. The number of aromatic hydroxyl groups is 9. The molecule has 0 radical (unpaired) electrons. The summed E-state index contributed by atoms with van der Waals surface area (Å²) in [7, 11) is 0. The van der Waals surface area contributed by atoms with Crippen molar-refractivity contribution in [3.63, 3.8) is 0 Å². The Kier molecular flexibility index (Phi) is 7.19. The Hall–Kier alpha value is -5.20. The Bertz CT molecular complexity index is 1640. The number of benzene rings is 4. The summed E-state index contributed by atoms with van der Waals surface area (Å²) in [6, 6.07) is 10.3. The lowest BCUT2D eigenvalue weighted by molar-refractivity contribution is 0.0181. The number of phenolic OH excluding ortho intramolecular Hbond substituents is 9. The largest absolute Gasteiger partial charge is 0.508 e. The topological polar surface area (TPSA) is 232 Å². The van der Waals surface area contributed by atoms with E-state index in [-0.39, 0.29) is 40.0 Å². The van der Waals surface area contributed by atoms with E-state index < -0.39 is 82.4 Å². The van der Waals surface area contributed by atoms with Crippen LogP contribution in [0.15, 0.2) is 54.6 Å². The number of hydrogen-bond acceptors (Lipinski definition) is 12. The van der Waals surface area contributed by atoms with Gasteiger partial charge in [0.2, 0.25) is 0 Å². The van der Waals surface area contributed by atoms with Crippen LogP contribution in [0.25, 0.3) is 0 Å². The second-order valence-corrected chi connectivity index (χ2v) is 10.2. The minimum Gasteiger partial charge on any atom is -0.508 e. The molecule has 220 valence electrons. The average molecular weight is 581 g/mol. The number of rotatable bonds is 6. The predicted octanol–water partition coefficient (Wildman–Crippen LogP) is 2.81. The van der Waals surface area contributed by atoms with Gasteiger partial charge in [-0.3, -0.25) is 0 Å². The molecule has 11 N–H and O–H groups in total. The second kappa shape index (κ2) is 10.7. The number of aliphatic hydroxyl groups excluding tert-OH is 2. The fraction of sp³-hybridized carbons (Fsp3) is 0.200. The van der Waals surface area contributed by atoms with E-state index in [9.17, 15) is 56.2 Å². The summed E-state index contributed by atoms with van der Waals surface area (Å²) in [6.07, 6.45) is -4.64. The molecule has 1 heterocycles. The van der Waals surface area contributed by atoms with Crippen LogP contribution in [0.5, 0.6) is 57.5 Å². The third kappa shape index (κ3) is 5.04. The first-order valence-corrected chi connectivity index (χ1v) is 12.7. The van der Waals surface area contributed by atoms with Gasteiger partial charge in [-0.25, -0.2) is 0 Å². The summed E-state index contributed by atoms with van der Waals surface area (Å²) >= 11 is 0. The van der Waals surface area contributed by atoms with E-state index in [1.54, 1.807) is 0 Å². The monoisotopic (exact) mass is 580 g/mol. The van der Waals surface area contributed by atoms with Crippen LogP contribution >= 0.6 is 0 Å². The standard InChI is InChI=1S/C30H28O12/c31-14-7-19(34)15(20(35)8-14)9-24(39)27(12-1-3-17(32)22(37)5-12)28-25(40)11-21(36)16-10-26(41)29(42-30(16)28)13-2-4-18(33)23(38)6-13/h1-8,11,24,26-27,29,31-41H,9-10H2. The van der Waals surface area contributed by atoms with Gasteiger partial charge in [-0.15, -0.1) is 0 Å². The SMILES string of the molecule is Oc1cc(O)c(CC(O)C(c2ccc(O)c(O)c2)c2c(O)cc(O)c3c2OC(c2ccc(O)c(O)c2)C(O)C3)c(O)c1. The smallest absolute Gasteiger partial charge is 0.157 e. The zero-order valence-electron chi connectivity index (χ0n) is 21.7. The lowest BCUT2D eigenvalue weighted by Gasteiger charge is -2.35. The predicted molar refractivity (Wildman–Crippen MR) is 145 cm³/mol. The van der Waals surface area contributed by atoms with Crippen molar-refractivity contribution in [3.8, 4) is 57.5 Å². The minimum absolute atomic E-state index is 0.0741. The molecule has 0 bridgehead atoms. The first-order valence-electron chi connectivity index (χ1n) is 12.7. The maximum atomic E-state index is 11.6. The van der Waals surface area contributed by atoms with Crippen molar-refractivity contribution in [1.82, 2.24) is 0 Å². The highest BCUT2D eigenvalue weighted by atomic mass is 16.5. The molecule has 12 heteroatoms. The van der Waals surface area contributed by atoms with Crippen LogP contribution in [0, 0.1) is 0 Å². The zero-order chi connectivity index (χ0) is 30.5. The van der Waals surface area contributed by atoms with Crippen molar-refractivity contribution < 1.29 is 60.9 Å². The molecule has 4 unspecified atom stereocenters. The van der Waals surface area contributed by atoms with Gasteiger partial charge in [0.25, 0.3) is 0 Å². The zero-order valence-corrected chi connectivity index (χ0v) is 21.7. The normalized spacial score (nSPS) is 17.7. The molecule has 4 atom stereocenters. The molecular formula is C30H28O12. The van der Waals surface area contributed by atoms with Gasteiger partial charge in [-0.2, -0.15) is 0 Å². The number of fused-ring (bicyclic) bond motifs is 1. The second-order valence-electron chi connectivity index (χ2n) is 10.2. The summed E-state index contributed by atoms with van der Waals surface area (Å²) < 4.78 is 6.12. The van der Waals surface area contributed by atoms with Crippen LogP contribution in [0.3, 0.4) is 0 Å². The van der Waals surface area contributed by atoms with Gasteiger partial charge < -0.3 is 60.9 Å². The van der Waals surface area contributed by atoms with E-state index in [4.69, 9.17) is 4.74 Å². The third-order valence-corrected chi connectivity index (χ3v) is 7.37. The third-order valence-electron chi connectivity index (χ3n) is 7.37. The van der Waals surface area contributed by atoms with Crippen molar-refractivity contribution in [3.05, 3.63) is 82.4 Å². The molecule has 5 rings (SSSR count). The summed E-state index contributed by atoms with van der Waals surface area (Å²) in [5.41, 5.74) is 0.222. The highest BCUT2D eigenvalue weighted by molar-refractivity contribution is 5.62. The number of phenols is 9. The first kappa shape index (κ1) is 28.3. The molecule has 12 nitrogen and oxygen atoms in total. The van der Waals surface area contributed by atoms with Crippen LogP contribution < -0.4 is 4.74 Å². The fourth-order valence-corrected chi connectivity index (χ4v) is 5.33. The van der Waals surface area contributed by atoms with Gasteiger partial charge in [0.1, 0.15) is 40.6 Å². The molecule has 0 spiro atoms. The quantitative estimate of drug-likeness (QED) is 0.148. The van der Waals surface area contributed by atoms with Crippen LogP contribution in [0.2, 0.25) is 0 Å². The van der Waals surface area contributed by atoms with E-state index in [1.165, 1.54) is 24.3 Å². The minimum atomic E-state index is -1.58. The lowest BCUT2D eigenvalue weighted by Crippen LogP contribution is -2.32. The van der Waals surface area contributed by atoms with Gasteiger partial charge >= 0.3 is 0 Å². The van der Waals surface area contributed by atoms with E-state index in [2.05, 4.69) is 0 Å². The van der Waals surface area contributed by atoms with Gasteiger partial charge in [-0.1, -0.05) is 12.1 Å². The van der Waals surface area contributed by atoms with Crippen molar-refractivity contribution in [2.24, 2.45) is 0 Å². The van der Waals surface area contributed by atoms with E-state index in [0.717, 1.165) is 30.3 Å². The molecule has 0 amide bonds. The van der Waals surface area contributed by atoms with E-state index >= 15 is 0 Å². The maximum Gasteiger partial charge on any atom is 0.157 e. The molecule has 42 heavy (non-hydrogen) atoms. The highest BCUT2D eigenvalue weighted by Gasteiger charge is 2.39. The van der Waals surface area contributed by atoms with Crippen LogP contribution in [0.4, 0.5) is 0 Å². The number of hydrogen-bond donors (Lipinski definition) is 11. The van der Waals surface area contributed by atoms with Crippen molar-refractivity contribution in [1.29, 1.82) is 0 Å². The van der Waals surface area contributed by atoms with E-state index in [0.29, 0.717) is 0 Å². The molecule has 0 aliphatic carbocycles. The molecule has 4 aromatic rings. The summed E-state index contributed by atoms with van der Waals surface area (Å²) in [5, 5.41) is 115. The van der Waals surface area contributed by atoms with Crippen molar-refractivity contribution in [2.75, 3.05) is 0 Å². The Morgan fingerprint density at radius 2 is 1.29 bits per heavy atom. The first-order chi connectivity index (χ1) is 19.8. The van der Waals surface area contributed by atoms with Gasteiger partial charge in [0.15, 0.2) is 23.0 Å². The molecular weight excluding hydrogens is 552 g/mol. The molecule has 0 saturated heterocycles. The Balaban J connectivity index is 1.68. The van der Waals surface area contributed by atoms with Crippen LogP contribution in [-0.4, -0.2) is 68.4 Å². The van der Waals surface area contributed by atoms with Crippen LogP contribution in [-0.2, 0) is 12.8 Å². The fourth-order valence-electron chi connectivity index (χ4n) is 5.33. The number of ether oxygens (including phenoxy) is 1. The molecule has 0 fully saturated rings. The lowest BCUT2D eigenvalue weighted by atomic mass is 9.80. The van der Waals surface area contributed by atoms with Gasteiger partial charge in [0, 0.05) is 53.6 Å². The molecule has 1 aliphatic heterocycles. The summed E-state index contributed by atoms with van der Waals surface area (Å²) in [6.45, 7) is 0. The van der Waals surface area contributed by atoms with Gasteiger partial charge in [0.05, 0.1) is 12.2 Å². The Morgan fingerprint density at radius 1 is 0.667 bits per heavy atom. The van der Waals surface area contributed by atoms with Gasteiger partial charge in [-0.05, 0) is 35.4 Å². The highest BCUT2D eigenvalue weighted by Crippen LogP contribution is 2.51. The Labute approximate surface area is 238 Å². The maximum absolute atomic E-state index is 11.6. The summed E-state index contributed by atoms with van der Waals surface area (Å²) in [5.74, 6) is -5.79. The summed E-state index contributed by atoms with van der Waals surface area (Å²) in [4.78, 5) is 0. The van der Waals surface area contributed by atoms with E-state index in [1.807, 2.05) is 0 Å². The van der Waals surface area contributed by atoms with Crippen molar-refractivity contribution in [2.45, 2.75) is 37.1 Å². The average Bonchev–Trinajstić information content (AvgIpc) is 2.91.